The van der Waals surface area contributed by atoms with Crippen LogP contribution in [0.15, 0.2) is 36.4 Å². The van der Waals surface area contributed by atoms with Gasteiger partial charge in [-0.15, -0.1) is 0 Å². The molecule has 0 aliphatic heterocycles. The summed E-state index contributed by atoms with van der Waals surface area (Å²) in [7, 11) is 5.01. The number of methoxy groups -OCH3 is 1. The summed E-state index contributed by atoms with van der Waals surface area (Å²) in [6, 6.07) is 11.2. The summed E-state index contributed by atoms with van der Waals surface area (Å²) in [6.07, 6.45) is 3.13. The van der Waals surface area contributed by atoms with Gasteiger partial charge in [0.25, 0.3) is 5.91 Å². The van der Waals surface area contributed by atoms with E-state index in [-0.39, 0.29) is 17.6 Å². The fraction of sp³-hybridized carbons (Fsp3) is 0.478. The molecule has 1 aromatic carbocycles. The second-order valence-corrected chi connectivity index (χ2v) is 8.03. The Balaban J connectivity index is 1.82. The lowest BCUT2D eigenvalue weighted by molar-refractivity contribution is -0.141. The maximum Gasteiger partial charge on any atom is 0.328 e. The lowest BCUT2D eigenvalue weighted by atomic mass is 10.1. The number of aromatic nitrogens is 2. The molecule has 166 valence electrons. The van der Waals surface area contributed by atoms with E-state index in [4.69, 9.17) is 4.74 Å². The monoisotopic (exact) mass is 425 g/mol. The third kappa shape index (κ3) is 6.16. The van der Waals surface area contributed by atoms with Gasteiger partial charge in [0.15, 0.2) is 0 Å². The Morgan fingerprint density at radius 3 is 2.55 bits per heavy atom. The van der Waals surface area contributed by atoms with Crippen LogP contribution in [0, 0.1) is 5.92 Å². The van der Waals surface area contributed by atoms with Gasteiger partial charge >= 0.3 is 5.97 Å². The Morgan fingerprint density at radius 2 is 1.90 bits per heavy atom. The third-order valence-corrected chi connectivity index (χ3v) is 5.59. The van der Waals surface area contributed by atoms with Crippen LogP contribution in [0.4, 0.5) is 11.8 Å². The first-order valence-corrected chi connectivity index (χ1v) is 10.6. The number of benzene rings is 1. The van der Waals surface area contributed by atoms with Crippen molar-refractivity contribution >= 4 is 23.6 Å². The molecule has 0 unspecified atom stereocenters. The van der Waals surface area contributed by atoms with E-state index in [1.807, 2.05) is 30.1 Å². The first-order valence-electron chi connectivity index (χ1n) is 10.6. The Hall–Kier alpha value is -3.16. The molecule has 1 aliphatic carbocycles. The van der Waals surface area contributed by atoms with Crippen LogP contribution in [0.1, 0.15) is 35.8 Å². The Kier molecular flexibility index (Phi) is 7.44. The van der Waals surface area contributed by atoms with E-state index >= 15 is 0 Å². The molecule has 0 saturated heterocycles. The normalized spacial score (nSPS) is 13.9. The number of hydrogen-bond acceptors (Lipinski definition) is 7. The highest BCUT2D eigenvalue weighted by Crippen LogP contribution is 2.27. The number of nitrogens with zero attached hydrogens (tertiary/aromatic N) is 4. The molecule has 31 heavy (non-hydrogen) atoms. The molecule has 1 fully saturated rings. The fourth-order valence-corrected chi connectivity index (χ4v) is 3.11. The first-order chi connectivity index (χ1) is 14.9. The summed E-state index contributed by atoms with van der Waals surface area (Å²) < 4.78 is 4.86. The van der Waals surface area contributed by atoms with Crippen molar-refractivity contribution in [1.29, 1.82) is 0 Å². The largest absolute Gasteiger partial charge is 0.467 e. The minimum Gasteiger partial charge on any atom is -0.467 e. The van der Waals surface area contributed by atoms with Crippen molar-refractivity contribution in [2.24, 2.45) is 5.92 Å². The number of rotatable bonds is 10. The molecule has 3 rings (SSSR count). The molecule has 0 radical (unpaired) electrons. The molecule has 0 bridgehead atoms. The average molecular weight is 426 g/mol. The van der Waals surface area contributed by atoms with Crippen molar-refractivity contribution in [1.82, 2.24) is 15.3 Å². The number of hydrogen-bond donors (Lipinski definition) is 1. The van der Waals surface area contributed by atoms with Gasteiger partial charge in [-0.2, -0.15) is 4.98 Å². The Labute approximate surface area is 183 Å². The van der Waals surface area contributed by atoms with E-state index in [0.717, 1.165) is 19.3 Å². The molecule has 1 N–H and O–H groups in total. The molecule has 1 atom stereocenters. The van der Waals surface area contributed by atoms with Crippen molar-refractivity contribution in [2.45, 2.75) is 32.2 Å². The second-order valence-electron chi connectivity index (χ2n) is 8.03. The van der Waals surface area contributed by atoms with Crippen LogP contribution in [-0.2, 0) is 16.0 Å². The number of carbonyl (C=O) groups excluding carboxylic acids is 2. The first kappa shape index (κ1) is 22.5. The van der Waals surface area contributed by atoms with E-state index in [1.165, 1.54) is 12.7 Å². The average Bonchev–Trinajstić information content (AvgIpc) is 3.64. The van der Waals surface area contributed by atoms with E-state index in [0.29, 0.717) is 30.8 Å². The standard InChI is InChI=1S/C23H31N5O3/c1-16(22(30)31-4)28(3)20-14-19(21(29)24-15-18-10-11-18)25-23(26-20)27(2)13-12-17-8-6-5-7-9-17/h5-9,14,16,18H,10-13,15H2,1-4H3,(H,24,29)/t16-/m0/s1. The summed E-state index contributed by atoms with van der Waals surface area (Å²) in [5.74, 6) is 0.896. The predicted octanol–water partition coefficient (Wildman–Crippen LogP) is 2.29. The smallest absolute Gasteiger partial charge is 0.328 e. The summed E-state index contributed by atoms with van der Waals surface area (Å²) >= 11 is 0. The van der Waals surface area contributed by atoms with E-state index in [9.17, 15) is 9.59 Å². The predicted molar refractivity (Wildman–Crippen MR) is 120 cm³/mol. The zero-order chi connectivity index (χ0) is 22.4. The van der Waals surface area contributed by atoms with E-state index in [1.54, 1.807) is 24.9 Å². The Morgan fingerprint density at radius 1 is 1.19 bits per heavy atom. The van der Waals surface area contributed by atoms with Gasteiger partial charge in [0.05, 0.1) is 7.11 Å². The highest BCUT2D eigenvalue weighted by Gasteiger charge is 2.25. The van der Waals surface area contributed by atoms with Gasteiger partial charge < -0.3 is 19.9 Å². The van der Waals surface area contributed by atoms with E-state index in [2.05, 4.69) is 27.4 Å². The van der Waals surface area contributed by atoms with Gasteiger partial charge in [0.2, 0.25) is 5.95 Å². The number of amides is 1. The molecule has 1 heterocycles. The molecule has 1 saturated carbocycles. The van der Waals surface area contributed by atoms with Crippen molar-refractivity contribution < 1.29 is 14.3 Å². The molecule has 8 heteroatoms. The van der Waals surface area contributed by atoms with Crippen LogP contribution in [0.2, 0.25) is 0 Å². The van der Waals surface area contributed by atoms with Crippen LogP contribution < -0.4 is 15.1 Å². The van der Waals surface area contributed by atoms with Crippen LogP contribution in [0.5, 0.6) is 0 Å². The quantitative estimate of drug-likeness (QED) is 0.585. The Bertz CT molecular complexity index is 901. The molecule has 1 aliphatic rings. The van der Waals surface area contributed by atoms with Crippen LogP contribution in [0.3, 0.4) is 0 Å². The molecule has 1 aromatic heterocycles. The summed E-state index contributed by atoms with van der Waals surface area (Å²) in [5, 5.41) is 2.96. The van der Waals surface area contributed by atoms with Gasteiger partial charge in [-0.25, -0.2) is 9.78 Å². The van der Waals surface area contributed by atoms with Gasteiger partial charge in [-0.05, 0) is 37.7 Å². The van der Waals surface area contributed by atoms with Gasteiger partial charge in [0, 0.05) is 33.3 Å². The fourth-order valence-electron chi connectivity index (χ4n) is 3.11. The highest BCUT2D eigenvalue weighted by atomic mass is 16.5. The summed E-state index contributed by atoms with van der Waals surface area (Å²) in [4.78, 5) is 37.5. The van der Waals surface area contributed by atoms with Crippen LogP contribution in [-0.4, -0.2) is 62.2 Å². The van der Waals surface area contributed by atoms with Crippen molar-refractivity contribution in [3.63, 3.8) is 0 Å². The molecular formula is C23H31N5O3. The van der Waals surface area contributed by atoms with Crippen molar-refractivity contribution in [2.75, 3.05) is 44.1 Å². The summed E-state index contributed by atoms with van der Waals surface area (Å²) in [5.41, 5.74) is 1.50. The zero-order valence-corrected chi connectivity index (χ0v) is 18.7. The summed E-state index contributed by atoms with van der Waals surface area (Å²) in [6.45, 7) is 3.08. The van der Waals surface area contributed by atoms with Crippen LogP contribution >= 0.6 is 0 Å². The molecule has 0 spiro atoms. The van der Waals surface area contributed by atoms with Gasteiger partial charge in [0.1, 0.15) is 17.6 Å². The van der Waals surface area contributed by atoms with Gasteiger partial charge in [-0.3, -0.25) is 4.79 Å². The minimum atomic E-state index is -0.551. The number of anilines is 2. The zero-order valence-electron chi connectivity index (χ0n) is 18.7. The molecule has 1 amide bonds. The lowest BCUT2D eigenvalue weighted by Gasteiger charge is -2.26. The van der Waals surface area contributed by atoms with E-state index < -0.39 is 6.04 Å². The molecule has 8 nitrogen and oxygen atoms in total. The van der Waals surface area contributed by atoms with Crippen LogP contribution in [0.25, 0.3) is 0 Å². The van der Waals surface area contributed by atoms with Crippen molar-refractivity contribution in [3.05, 3.63) is 47.7 Å². The minimum absolute atomic E-state index is 0.229. The lowest BCUT2D eigenvalue weighted by Crippen LogP contribution is -2.38. The topological polar surface area (TPSA) is 87.7 Å². The highest BCUT2D eigenvalue weighted by molar-refractivity contribution is 5.93. The number of esters is 1. The maximum absolute atomic E-state index is 12.7. The number of ether oxygens (including phenoxy) is 1. The second kappa shape index (κ2) is 10.2. The van der Waals surface area contributed by atoms with Gasteiger partial charge in [-0.1, -0.05) is 30.3 Å². The van der Waals surface area contributed by atoms with Crippen molar-refractivity contribution in [3.8, 4) is 0 Å². The number of nitrogens with one attached hydrogen (secondary N) is 1. The third-order valence-electron chi connectivity index (χ3n) is 5.59. The number of carbonyl (C=O) groups is 2. The number of likely N-dealkylation sites (N-methyl/N-ethyl adjacent to an activating group) is 2. The SMILES string of the molecule is COC(=O)[C@H](C)N(C)c1cc(C(=O)NCC2CC2)nc(N(C)CCc2ccccc2)n1. The maximum atomic E-state index is 12.7. The molecular weight excluding hydrogens is 394 g/mol. The molecule has 2 aromatic rings.